The Labute approximate surface area is 126 Å². The minimum absolute atomic E-state index is 0.182. The van der Waals surface area contributed by atoms with Gasteiger partial charge in [-0.1, -0.05) is 0 Å². The van der Waals surface area contributed by atoms with Crippen molar-refractivity contribution in [3.05, 3.63) is 0 Å². The lowest BCUT2D eigenvalue weighted by molar-refractivity contribution is 0.0463. The number of carbonyl (C=O) groups is 1. The molecule has 0 aromatic rings. The summed E-state index contributed by atoms with van der Waals surface area (Å²) in [7, 11) is 0. The van der Waals surface area contributed by atoms with E-state index < -0.39 is 5.60 Å². The summed E-state index contributed by atoms with van der Waals surface area (Å²) in [5.74, 6) is 0. The molecule has 0 aromatic heterocycles. The zero-order chi connectivity index (χ0) is 15.3. The fraction of sp³-hybridized carbons (Fsp3) is 0.929. The predicted molar refractivity (Wildman–Crippen MR) is 83.2 cm³/mol. The Hall–Kier alpha value is -0.460. The van der Waals surface area contributed by atoms with Crippen LogP contribution in [-0.2, 0) is 4.74 Å². The number of amides is 1. The monoisotopic (exact) mass is 304 g/mol. The molecule has 0 saturated heterocycles. The molecule has 3 N–H and O–H groups in total. The van der Waals surface area contributed by atoms with Gasteiger partial charge in [-0.3, -0.25) is 0 Å². The highest BCUT2D eigenvalue weighted by Crippen LogP contribution is 2.22. The number of ether oxygens (including phenoxy) is 1. The molecule has 0 radical (unpaired) electrons. The van der Waals surface area contributed by atoms with Crippen molar-refractivity contribution in [2.45, 2.75) is 69.5 Å². The topological polar surface area (TPSA) is 70.6 Å². The van der Waals surface area contributed by atoms with Crippen LogP contribution in [0.4, 0.5) is 4.79 Å². The molecule has 5 nitrogen and oxygen atoms in total. The Kier molecular flexibility index (Phi) is 6.61. The van der Waals surface area contributed by atoms with Crippen molar-refractivity contribution in [3.8, 4) is 0 Å². The largest absolute Gasteiger partial charge is 0.444 e. The molecule has 1 fully saturated rings. The first-order chi connectivity index (χ1) is 9.25. The zero-order valence-electron chi connectivity index (χ0n) is 13.1. The van der Waals surface area contributed by atoms with Crippen LogP contribution in [-0.4, -0.2) is 53.0 Å². The standard InChI is InChI=1S/C14H28N2O3S/c1-9(12(8-17)20-5)15-10-6-11(7-10)16-13(18)19-14(2,3)4/h9-12,15,17H,6-8H2,1-5H3,(H,16,18). The number of nitrogens with one attached hydrogen (secondary N) is 2. The minimum atomic E-state index is -0.452. The summed E-state index contributed by atoms with van der Waals surface area (Å²) in [4.78, 5) is 11.6. The third-order valence-corrected chi connectivity index (χ3v) is 4.56. The first-order valence-electron chi connectivity index (χ1n) is 7.14. The van der Waals surface area contributed by atoms with E-state index in [4.69, 9.17) is 4.74 Å². The summed E-state index contributed by atoms with van der Waals surface area (Å²) in [6.07, 6.45) is 3.49. The molecule has 1 rings (SSSR count). The third-order valence-electron chi connectivity index (χ3n) is 3.40. The van der Waals surface area contributed by atoms with Gasteiger partial charge in [0.2, 0.25) is 0 Å². The van der Waals surface area contributed by atoms with E-state index in [9.17, 15) is 9.90 Å². The molecule has 1 amide bonds. The summed E-state index contributed by atoms with van der Waals surface area (Å²) < 4.78 is 5.23. The lowest BCUT2D eigenvalue weighted by Gasteiger charge is -2.39. The Morgan fingerprint density at radius 3 is 2.45 bits per heavy atom. The Balaban J connectivity index is 2.21. The van der Waals surface area contributed by atoms with Crippen molar-refractivity contribution in [2.75, 3.05) is 12.9 Å². The average molecular weight is 304 g/mol. The maximum Gasteiger partial charge on any atom is 0.407 e. The zero-order valence-corrected chi connectivity index (χ0v) is 13.9. The van der Waals surface area contributed by atoms with Gasteiger partial charge in [0, 0.05) is 23.4 Å². The van der Waals surface area contributed by atoms with Crippen LogP contribution in [0.1, 0.15) is 40.5 Å². The fourth-order valence-corrected chi connectivity index (χ4v) is 2.90. The van der Waals surface area contributed by atoms with Gasteiger partial charge < -0.3 is 20.5 Å². The van der Waals surface area contributed by atoms with Crippen LogP contribution < -0.4 is 10.6 Å². The molecule has 6 heteroatoms. The lowest BCUT2D eigenvalue weighted by atomic mass is 9.86. The van der Waals surface area contributed by atoms with E-state index in [0.29, 0.717) is 6.04 Å². The lowest BCUT2D eigenvalue weighted by Crippen LogP contribution is -2.56. The minimum Gasteiger partial charge on any atom is -0.444 e. The van der Waals surface area contributed by atoms with Gasteiger partial charge in [-0.05, 0) is 46.8 Å². The normalized spacial score (nSPS) is 25.5. The average Bonchev–Trinajstić information content (AvgIpc) is 2.25. The molecule has 118 valence electrons. The molecule has 2 unspecified atom stereocenters. The second-order valence-corrected chi connectivity index (χ2v) is 7.50. The van der Waals surface area contributed by atoms with Gasteiger partial charge >= 0.3 is 6.09 Å². The van der Waals surface area contributed by atoms with Crippen LogP contribution >= 0.6 is 11.8 Å². The van der Waals surface area contributed by atoms with Crippen LogP contribution in [0.3, 0.4) is 0 Å². The number of aliphatic hydroxyl groups is 1. The summed E-state index contributed by atoms with van der Waals surface area (Å²) in [6.45, 7) is 7.85. The molecule has 20 heavy (non-hydrogen) atoms. The molecule has 0 aromatic carbocycles. The van der Waals surface area contributed by atoms with Crippen LogP contribution in [0.5, 0.6) is 0 Å². The molecule has 1 aliphatic carbocycles. The third kappa shape index (κ3) is 5.89. The molecule has 1 aliphatic rings. The maximum absolute atomic E-state index is 11.6. The van der Waals surface area contributed by atoms with E-state index in [1.54, 1.807) is 11.8 Å². The quantitative estimate of drug-likeness (QED) is 0.697. The van der Waals surface area contributed by atoms with Crippen molar-refractivity contribution >= 4 is 17.9 Å². The molecular weight excluding hydrogens is 276 g/mol. The highest BCUT2D eigenvalue weighted by molar-refractivity contribution is 7.99. The highest BCUT2D eigenvalue weighted by atomic mass is 32.2. The maximum atomic E-state index is 11.6. The summed E-state index contributed by atoms with van der Waals surface area (Å²) in [5, 5.41) is 15.8. The first kappa shape index (κ1) is 17.6. The van der Waals surface area contributed by atoms with E-state index in [0.717, 1.165) is 12.8 Å². The van der Waals surface area contributed by atoms with Crippen molar-refractivity contribution in [1.82, 2.24) is 10.6 Å². The van der Waals surface area contributed by atoms with Gasteiger partial charge in [0.1, 0.15) is 5.60 Å². The number of hydrogen-bond acceptors (Lipinski definition) is 5. The molecular formula is C14H28N2O3S. The summed E-state index contributed by atoms with van der Waals surface area (Å²) in [6, 6.07) is 0.866. The van der Waals surface area contributed by atoms with E-state index in [-0.39, 0.29) is 30.0 Å². The SMILES string of the molecule is CSC(CO)C(C)NC1CC(NC(=O)OC(C)(C)C)C1. The molecule has 0 spiro atoms. The van der Waals surface area contributed by atoms with E-state index in [1.807, 2.05) is 27.0 Å². The van der Waals surface area contributed by atoms with Crippen molar-refractivity contribution in [2.24, 2.45) is 0 Å². The van der Waals surface area contributed by atoms with Crippen molar-refractivity contribution in [3.63, 3.8) is 0 Å². The van der Waals surface area contributed by atoms with E-state index >= 15 is 0 Å². The molecule has 2 atom stereocenters. The van der Waals surface area contributed by atoms with Gasteiger partial charge in [0.25, 0.3) is 0 Å². The van der Waals surface area contributed by atoms with Gasteiger partial charge in [-0.2, -0.15) is 11.8 Å². The Bertz CT molecular complexity index is 310. The molecule has 1 saturated carbocycles. The number of thioether (sulfide) groups is 1. The predicted octanol–water partition coefficient (Wildman–Crippen LogP) is 1.74. The summed E-state index contributed by atoms with van der Waals surface area (Å²) in [5.41, 5.74) is -0.452. The Morgan fingerprint density at radius 1 is 1.40 bits per heavy atom. The van der Waals surface area contributed by atoms with Crippen LogP contribution in [0, 0.1) is 0 Å². The smallest absolute Gasteiger partial charge is 0.407 e. The van der Waals surface area contributed by atoms with Gasteiger partial charge in [-0.25, -0.2) is 4.79 Å². The van der Waals surface area contributed by atoms with Crippen LogP contribution in [0.2, 0.25) is 0 Å². The molecule has 0 heterocycles. The number of rotatable bonds is 6. The van der Waals surface area contributed by atoms with Crippen LogP contribution in [0.25, 0.3) is 0 Å². The van der Waals surface area contributed by atoms with Crippen molar-refractivity contribution < 1.29 is 14.6 Å². The number of alkyl carbamates (subject to hydrolysis) is 1. The number of carbonyl (C=O) groups excluding carboxylic acids is 1. The fourth-order valence-electron chi connectivity index (χ4n) is 2.26. The van der Waals surface area contributed by atoms with Gasteiger partial charge in [-0.15, -0.1) is 0 Å². The van der Waals surface area contributed by atoms with Crippen LogP contribution in [0.15, 0.2) is 0 Å². The number of hydrogen-bond donors (Lipinski definition) is 3. The van der Waals surface area contributed by atoms with E-state index in [1.165, 1.54) is 0 Å². The highest BCUT2D eigenvalue weighted by Gasteiger charge is 2.33. The van der Waals surface area contributed by atoms with E-state index in [2.05, 4.69) is 17.6 Å². The van der Waals surface area contributed by atoms with Gasteiger partial charge in [0.05, 0.1) is 6.61 Å². The Morgan fingerprint density at radius 2 is 2.00 bits per heavy atom. The molecule has 0 bridgehead atoms. The second-order valence-electron chi connectivity index (χ2n) is 6.42. The first-order valence-corrected chi connectivity index (χ1v) is 8.43. The number of aliphatic hydroxyl groups excluding tert-OH is 1. The van der Waals surface area contributed by atoms with Crippen molar-refractivity contribution in [1.29, 1.82) is 0 Å². The molecule has 0 aliphatic heterocycles. The summed E-state index contributed by atoms with van der Waals surface area (Å²) >= 11 is 1.67. The second kappa shape index (κ2) is 7.52. The van der Waals surface area contributed by atoms with Gasteiger partial charge in [0.15, 0.2) is 0 Å².